The predicted molar refractivity (Wildman–Crippen MR) is 102 cm³/mol. The van der Waals surface area contributed by atoms with Gasteiger partial charge in [-0.1, -0.05) is 72.3 Å². The summed E-state index contributed by atoms with van der Waals surface area (Å²) >= 11 is 5.97. The van der Waals surface area contributed by atoms with Crippen LogP contribution in [0.15, 0.2) is 78.9 Å². The number of fused-ring (bicyclic) bond motifs is 1. The van der Waals surface area contributed by atoms with E-state index in [-0.39, 0.29) is 5.91 Å². The maximum absolute atomic E-state index is 12.9. The Morgan fingerprint density at radius 2 is 1.44 bits per heavy atom. The summed E-state index contributed by atoms with van der Waals surface area (Å²) in [6.45, 7) is 0.517. The predicted octanol–water partition coefficient (Wildman–Crippen LogP) is 5.49. The Hall–Kier alpha value is -2.84. The van der Waals surface area contributed by atoms with E-state index in [0.29, 0.717) is 11.6 Å². The first kappa shape index (κ1) is 15.7. The summed E-state index contributed by atoms with van der Waals surface area (Å²) in [7, 11) is 0. The molecule has 4 rings (SSSR count). The normalized spacial score (nSPS) is 14.8. The van der Waals surface area contributed by atoms with E-state index in [1.54, 1.807) is 0 Å². The lowest BCUT2D eigenvalue weighted by Crippen LogP contribution is -2.22. The number of halogens is 1. The van der Waals surface area contributed by atoms with Crippen LogP contribution in [0.1, 0.15) is 27.0 Å². The van der Waals surface area contributed by atoms with Gasteiger partial charge >= 0.3 is 0 Å². The van der Waals surface area contributed by atoms with E-state index in [1.807, 2.05) is 83.8 Å². The van der Waals surface area contributed by atoms with Crippen LogP contribution in [-0.4, -0.2) is 10.8 Å². The van der Waals surface area contributed by atoms with Gasteiger partial charge in [-0.15, -0.1) is 0 Å². The second-order valence-corrected chi connectivity index (χ2v) is 6.44. The highest BCUT2D eigenvalue weighted by molar-refractivity contribution is 6.30. The Labute approximate surface area is 152 Å². The number of rotatable bonds is 3. The Morgan fingerprint density at radius 1 is 0.800 bits per heavy atom. The van der Waals surface area contributed by atoms with E-state index in [4.69, 9.17) is 11.6 Å². The molecule has 2 nitrogen and oxygen atoms in total. The summed E-state index contributed by atoms with van der Waals surface area (Å²) in [6, 6.07) is 25.5. The molecule has 122 valence electrons. The minimum Gasteiger partial charge on any atom is -0.303 e. The lowest BCUT2D eigenvalue weighted by molar-refractivity contribution is 0.0843. The molecule has 0 aromatic heterocycles. The Balaban J connectivity index is 1.77. The average molecular weight is 346 g/mol. The van der Waals surface area contributed by atoms with E-state index in [9.17, 15) is 4.79 Å². The van der Waals surface area contributed by atoms with Crippen LogP contribution >= 0.6 is 11.6 Å². The SMILES string of the molecule is O=C1c2ccccc2/C(=C/c2ccccc2)N1Cc1ccc(Cl)cc1. The molecule has 3 heteroatoms. The molecule has 0 spiro atoms. The molecule has 1 heterocycles. The first-order valence-corrected chi connectivity index (χ1v) is 8.52. The van der Waals surface area contributed by atoms with E-state index in [0.717, 1.165) is 28.0 Å². The minimum atomic E-state index is 0.0349. The van der Waals surface area contributed by atoms with E-state index < -0.39 is 0 Å². The molecule has 1 aliphatic rings. The molecular formula is C22H16ClNO. The molecule has 0 unspecified atom stereocenters. The van der Waals surface area contributed by atoms with Crippen LogP contribution in [-0.2, 0) is 6.54 Å². The van der Waals surface area contributed by atoms with Crippen molar-refractivity contribution < 1.29 is 4.79 Å². The lowest BCUT2D eigenvalue weighted by Gasteiger charge is -2.19. The van der Waals surface area contributed by atoms with Crippen molar-refractivity contribution in [2.75, 3.05) is 0 Å². The molecule has 3 aromatic rings. The standard InChI is InChI=1S/C22H16ClNO/c23-18-12-10-17(11-13-18)15-24-21(14-16-6-2-1-3-7-16)19-8-4-5-9-20(19)22(24)25/h1-14H,15H2/b21-14-. The van der Waals surface area contributed by atoms with Crippen molar-refractivity contribution in [2.24, 2.45) is 0 Å². The molecular weight excluding hydrogens is 330 g/mol. The fourth-order valence-corrected chi connectivity index (χ4v) is 3.21. The van der Waals surface area contributed by atoms with E-state index >= 15 is 0 Å². The minimum absolute atomic E-state index is 0.0349. The number of hydrogen-bond donors (Lipinski definition) is 0. The molecule has 25 heavy (non-hydrogen) atoms. The van der Waals surface area contributed by atoms with Crippen LogP contribution in [0, 0.1) is 0 Å². The van der Waals surface area contributed by atoms with Gasteiger partial charge < -0.3 is 4.90 Å². The van der Waals surface area contributed by atoms with Gasteiger partial charge in [0, 0.05) is 16.1 Å². The lowest BCUT2D eigenvalue weighted by atomic mass is 10.1. The van der Waals surface area contributed by atoms with Crippen molar-refractivity contribution in [2.45, 2.75) is 6.54 Å². The smallest absolute Gasteiger partial charge is 0.259 e. The number of hydrogen-bond acceptors (Lipinski definition) is 1. The largest absolute Gasteiger partial charge is 0.303 e. The third-order valence-electron chi connectivity index (χ3n) is 4.33. The fraction of sp³-hybridized carbons (Fsp3) is 0.0455. The second kappa shape index (κ2) is 6.58. The zero-order chi connectivity index (χ0) is 17.2. The molecule has 0 radical (unpaired) electrons. The molecule has 0 bridgehead atoms. The van der Waals surface area contributed by atoms with Crippen molar-refractivity contribution in [3.63, 3.8) is 0 Å². The first-order chi connectivity index (χ1) is 12.2. The highest BCUT2D eigenvalue weighted by Crippen LogP contribution is 2.35. The quantitative estimate of drug-likeness (QED) is 0.614. The molecule has 1 amide bonds. The van der Waals surface area contributed by atoms with Gasteiger partial charge in [0.05, 0.1) is 12.2 Å². The molecule has 0 saturated carbocycles. The van der Waals surface area contributed by atoms with E-state index in [1.165, 1.54) is 0 Å². The van der Waals surface area contributed by atoms with Crippen LogP contribution in [0.4, 0.5) is 0 Å². The van der Waals surface area contributed by atoms with Crippen LogP contribution in [0.25, 0.3) is 11.8 Å². The van der Waals surface area contributed by atoms with Crippen molar-refractivity contribution in [3.05, 3.63) is 106 Å². The van der Waals surface area contributed by atoms with Gasteiger partial charge in [-0.3, -0.25) is 4.79 Å². The van der Waals surface area contributed by atoms with Crippen molar-refractivity contribution >= 4 is 29.3 Å². The maximum atomic E-state index is 12.9. The molecule has 0 aliphatic carbocycles. The number of benzene rings is 3. The van der Waals surface area contributed by atoms with Gasteiger partial charge in [0.25, 0.3) is 5.91 Å². The second-order valence-electron chi connectivity index (χ2n) is 6.00. The molecule has 0 saturated heterocycles. The zero-order valence-corrected chi connectivity index (χ0v) is 14.3. The highest BCUT2D eigenvalue weighted by atomic mass is 35.5. The van der Waals surface area contributed by atoms with Crippen molar-refractivity contribution in [1.82, 2.24) is 4.90 Å². The average Bonchev–Trinajstić information content (AvgIpc) is 2.91. The number of carbonyl (C=O) groups excluding carboxylic acids is 1. The van der Waals surface area contributed by atoms with Gasteiger partial charge in [-0.25, -0.2) is 0 Å². The molecule has 0 N–H and O–H groups in total. The van der Waals surface area contributed by atoms with Crippen LogP contribution < -0.4 is 0 Å². The Morgan fingerprint density at radius 3 is 2.16 bits per heavy atom. The van der Waals surface area contributed by atoms with Gasteiger partial charge in [-0.2, -0.15) is 0 Å². The number of amides is 1. The Kier molecular flexibility index (Phi) is 4.12. The Bertz CT molecular complexity index is 945. The van der Waals surface area contributed by atoms with Gasteiger partial charge in [0.2, 0.25) is 0 Å². The third kappa shape index (κ3) is 3.09. The summed E-state index contributed by atoms with van der Waals surface area (Å²) in [6.07, 6.45) is 2.07. The monoisotopic (exact) mass is 345 g/mol. The third-order valence-corrected chi connectivity index (χ3v) is 4.58. The summed E-state index contributed by atoms with van der Waals surface area (Å²) in [5.74, 6) is 0.0349. The van der Waals surface area contributed by atoms with Crippen molar-refractivity contribution in [1.29, 1.82) is 0 Å². The molecule has 0 fully saturated rings. The summed E-state index contributed by atoms with van der Waals surface area (Å²) in [5, 5.41) is 0.694. The van der Waals surface area contributed by atoms with Gasteiger partial charge in [0.1, 0.15) is 0 Å². The summed E-state index contributed by atoms with van der Waals surface area (Å²) < 4.78 is 0. The highest BCUT2D eigenvalue weighted by Gasteiger charge is 2.31. The first-order valence-electron chi connectivity index (χ1n) is 8.15. The maximum Gasteiger partial charge on any atom is 0.259 e. The van der Waals surface area contributed by atoms with Crippen LogP contribution in [0.3, 0.4) is 0 Å². The van der Waals surface area contributed by atoms with E-state index in [2.05, 4.69) is 6.08 Å². The fourth-order valence-electron chi connectivity index (χ4n) is 3.09. The molecule has 0 atom stereocenters. The number of carbonyl (C=O) groups is 1. The molecule has 3 aromatic carbocycles. The van der Waals surface area contributed by atoms with Gasteiger partial charge in [0.15, 0.2) is 0 Å². The van der Waals surface area contributed by atoms with Crippen LogP contribution in [0.2, 0.25) is 5.02 Å². The summed E-state index contributed by atoms with van der Waals surface area (Å²) in [4.78, 5) is 14.8. The van der Waals surface area contributed by atoms with Crippen molar-refractivity contribution in [3.8, 4) is 0 Å². The van der Waals surface area contributed by atoms with Crippen LogP contribution in [0.5, 0.6) is 0 Å². The topological polar surface area (TPSA) is 20.3 Å². The summed E-state index contributed by atoms with van der Waals surface area (Å²) in [5.41, 5.74) is 4.78. The number of nitrogens with zero attached hydrogens (tertiary/aromatic N) is 1. The molecule has 1 aliphatic heterocycles. The zero-order valence-electron chi connectivity index (χ0n) is 13.5. The van der Waals surface area contributed by atoms with Gasteiger partial charge in [-0.05, 0) is 35.4 Å².